The molecule has 2 aliphatic rings. The lowest BCUT2D eigenvalue weighted by Crippen LogP contribution is -2.49. The van der Waals surface area contributed by atoms with Crippen LogP contribution in [0.1, 0.15) is 43.4 Å². The standard InChI is InChI=1S/C14H21NO3S2/c16-10-12-7-8-14(19-12)20(17,18)15-9-3-5-11-4-1-2-6-13(11)15/h7-8,11,13,16H,1-6,9-10H2/t11-,13-/m1/s1. The Labute approximate surface area is 124 Å². The van der Waals surface area contributed by atoms with E-state index in [1.54, 1.807) is 16.4 Å². The van der Waals surface area contributed by atoms with Crippen LogP contribution in [0.4, 0.5) is 0 Å². The highest BCUT2D eigenvalue weighted by Crippen LogP contribution is 2.39. The van der Waals surface area contributed by atoms with Crippen LogP contribution in [0.15, 0.2) is 16.3 Å². The second-order valence-electron chi connectivity index (χ2n) is 5.75. The summed E-state index contributed by atoms with van der Waals surface area (Å²) in [6, 6.07) is 3.54. The van der Waals surface area contributed by atoms with Crippen molar-refractivity contribution in [3.05, 3.63) is 17.0 Å². The molecule has 1 aliphatic carbocycles. The van der Waals surface area contributed by atoms with Crippen LogP contribution in [-0.2, 0) is 16.6 Å². The number of hydrogen-bond donors (Lipinski definition) is 1. The SMILES string of the molecule is O=S(=O)(c1ccc(CO)s1)N1CCC[C@H]2CCCC[C@H]21. The number of aliphatic hydroxyl groups excluding tert-OH is 1. The summed E-state index contributed by atoms with van der Waals surface area (Å²) in [5, 5.41) is 9.12. The van der Waals surface area contributed by atoms with Crippen LogP contribution in [0.2, 0.25) is 0 Å². The van der Waals surface area contributed by atoms with Crippen molar-refractivity contribution in [2.45, 2.75) is 55.4 Å². The molecule has 2 heterocycles. The number of rotatable bonds is 3. The van der Waals surface area contributed by atoms with E-state index in [2.05, 4.69) is 0 Å². The summed E-state index contributed by atoms with van der Waals surface area (Å²) in [6.07, 6.45) is 6.69. The molecule has 0 radical (unpaired) electrons. The molecule has 0 spiro atoms. The van der Waals surface area contributed by atoms with Gasteiger partial charge in [0.2, 0.25) is 0 Å². The summed E-state index contributed by atoms with van der Waals surface area (Å²) in [7, 11) is -3.38. The minimum absolute atomic E-state index is 0.0910. The van der Waals surface area contributed by atoms with Crippen LogP contribution < -0.4 is 0 Å². The largest absolute Gasteiger partial charge is 0.391 e. The number of nitrogens with zero attached hydrogens (tertiary/aromatic N) is 1. The maximum atomic E-state index is 12.8. The number of aliphatic hydroxyl groups is 1. The first kappa shape index (κ1) is 14.5. The van der Waals surface area contributed by atoms with E-state index >= 15 is 0 Å². The van der Waals surface area contributed by atoms with Crippen molar-refractivity contribution in [2.75, 3.05) is 6.54 Å². The van der Waals surface area contributed by atoms with Crippen LogP contribution in [0, 0.1) is 5.92 Å². The van der Waals surface area contributed by atoms with E-state index in [-0.39, 0.29) is 12.6 Å². The first-order valence-electron chi connectivity index (χ1n) is 7.34. The van der Waals surface area contributed by atoms with Crippen LogP contribution in [0.5, 0.6) is 0 Å². The predicted octanol–water partition coefficient (Wildman–Crippen LogP) is 2.58. The third kappa shape index (κ3) is 2.54. The predicted molar refractivity (Wildman–Crippen MR) is 79.1 cm³/mol. The van der Waals surface area contributed by atoms with Gasteiger partial charge in [-0.2, -0.15) is 4.31 Å². The molecule has 2 fully saturated rings. The number of piperidine rings is 1. The Bertz CT molecular complexity index is 565. The molecular formula is C14H21NO3S2. The second kappa shape index (κ2) is 5.75. The van der Waals surface area contributed by atoms with E-state index in [4.69, 9.17) is 5.11 Å². The van der Waals surface area contributed by atoms with E-state index in [0.717, 1.165) is 19.3 Å². The van der Waals surface area contributed by atoms with E-state index in [9.17, 15) is 8.42 Å². The summed E-state index contributed by atoms with van der Waals surface area (Å²) in [6.45, 7) is 0.558. The average Bonchev–Trinajstić information content (AvgIpc) is 2.96. The molecule has 1 N–H and O–H groups in total. The molecule has 1 aromatic rings. The van der Waals surface area contributed by atoms with Crippen molar-refractivity contribution in [3.63, 3.8) is 0 Å². The van der Waals surface area contributed by atoms with Crippen molar-refractivity contribution in [1.29, 1.82) is 0 Å². The van der Waals surface area contributed by atoms with E-state index in [0.29, 0.717) is 21.5 Å². The molecule has 1 saturated heterocycles. The van der Waals surface area contributed by atoms with Crippen LogP contribution in [-0.4, -0.2) is 30.4 Å². The zero-order valence-electron chi connectivity index (χ0n) is 11.5. The lowest BCUT2D eigenvalue weighted by atomic mass is 9.79. The van der Waals surface area contributed by atoms with Gasteiger partial charge < -0.3 is 5.11 Å². The highest BCUT2D eigenvalue weighted by molar-refractivity contribution is 7.91. The number of hydrogen-bond acceptors (Lipinski definition) is 4. The summed E-state index contributed by atoms with van der Waals surface area (Å²) in [5.74, 6) is 0.546. The topological polar surface area (TPSA) is 57.6 Å². The van der Waals surface area contributed by atoms with Gasteiger partial charge >= 0.3 is 0 Å². The van der Waals surface area contributed by atoms with E-state index < -0.39 is 10.0 Å². The number of sulfonamides is 1. The Morgan fingerprint density at radius 1 is 1.20 bits per heavy atom. The zero-order chi connectivity index (χ0) is 14.2. The number of thiophene rings is 1. The summed E-state index contributed by atoms with van der Waals surface area (Å²) >= 11 is 1.19. The van der Waals surface area contributed by atoms with Gasteiger partial charge in [-0.25, -0.2) is 8.42 Å². The molecular weight excluding hydrogens is 294 g/mol. The zero-order valence-corrected chi connectivity index (χ0v) is 13.1. The van der Waals surface area contributed by atoms with Gasteiger partial charge in [0.05, 0.1) is 6.61 Å². The normalized spacial score (nSPS) is 28.2. The average molecular weight is 315 g/mol. The van der Waals surface area contributed by atoms with E-state index in [1.807, 2.05) is 0 Å². The number of fused-ring (bicyclic) bond motifs is 1. The summed E-state index contributed by atoms with van der Waals surface area (Å²) < 4.78 is 27.8. The minimum atomic E-state index is -3.38. The molecule has 6 heteroatoms. The fraction of sp³-hybridized carbons (Fsp3) is 0.714. The molecule has 2 atom stereocenters. The van der Waals surface area contributed by atoms with Crippen molar-refractivity contribution >= 4 is 21.4 Å². The molecule has 1 aromatic heterocycles. The van der Waals surface area contributed by atoms with E-state index in [1.165, 1.54) is 30.6 Å². The molecule has 4 nitrogen and oxygen atoms in total. The third-order valence-electron chi connectivity index (χ3n) is 4.55. The highest BCUT2D eigenvalue weighted by atomic mass is 32.2. The van der Waals surface area contributed by atoms with Crippen LogP contribution >= 0.6 is 11.3 Å². The second-order valence-corrected chi connectivity index (χ2v) is 9.03. The first-order chi connectivity index (χ1) is 9.63. The molecule has 1 aliphatic heterocycles. The van der Waals surface area contributed by atoms with Gasteiger partial charge in [-0.15, -0.1) is 11.3 Å². The summed E-state index contributed by atoms with van der Waals surface area (Å²) in [4.78, 5) is 0.709. The fourth-order valence-corrected chi connectivity index (χ4v) is 6.67. The summed E-state index contributed by atoms with van der Waals surface area (Å²) in [5.41, 5.74) is 0. The van der Waals surface area contributed by atoms with Gasteiger partial charge in [0.15, 0.2) is 0 Å². The molecule has 0 bridgehead atoms. The molecule has 0 unspecified atom stereocenters. The fourth-order valence-electron chi connectivity index (χ4n) is 3.57. The molecule has 20 heavy (non-hydrogen) atoms. The molecule has 3 rings (SSSR count). The first-order valence-corrected chi connectivity index (χ1v) is 9.60. The maximum absolute atomic E-state index is 12.8. The van der Waals surface area contributed by atoms with Gasteiger partial charge in [-0.1, -0.05) is 12.8 Å². The molecule has 0 amide bonds. The van der Waals surface area contributed by atoms with Gasteiger partial charge in [0, 0.05) is 17.5 Å². The van der Waals surface area contributed by atoms with Crippen molar-refractivity contribution in [1.82, 2.24) is 4.31 Å². The Morgan fingerprint density at radius 3 is 2.70 bits per heavy atom. The van der Waals surface area contributed by atoms with Gasteiger partial charge in [0.25, 0.3) is 10.0 Å². The third-order valence-corrected chi connectivity index (χ3v) is 8.01. The van der Waals surface area contributed by atoms with Gasteiger partial charge in [-0.3, -0.25) is 0 Å². The minimum Gasteiger partial charge on any atom is -0.391 e. The Hall–Kier alpha value is -0.430. The maximum Gasteiger partial charge on any atom is 0.252 e. The highest BCUT2D eigenvalue weighted by Gasteiger charge is 2.40. The molecule has 1 saturated carbocycles. The molecule has 112 valence electrons. The van der Waals surface area contributed by atoms with Crippen molar-refractivity contribution < 1.29 is 13.5 Å². The lowest BCUT2D eigenvalue weighted by Gasteiger charge is -2.42. The van der Waals surface area contributed by atoms with Crippen molar-refractivity contribution in [2.24, 2.45) is 5.92 Å². The van der Waals surface area contributed by atoms with Crippen molar-refractivity contribution in [3.8, 4) is 0 Å². The van der Waals surface area contributed by atoms with Crippen LogP contribution in [0.3, 0.4) is 0 Å². The smallest absolute Gasteiger partial charge is 0.252 e. The Morgan fingerprint density at radius 2 is 1.95 bits per heavy atom. The monoisotopic (exact) mass is 315 g/mol. The van der Waals surface area contributed by atoms with Gasteiger partial charge in [0.1, 0.15) is 4.21 Å². The lowest BCUT2D eigenvalue weighted by molar-refractivity contribution is 0.129. The quantitative estimate of drug-likeness (QED) is 0.932. The Kier molecular flexibility index (Phi) is 4.17. The molecule has 0 aromatic carbocycles. The van der Waals surface area contributed by atoms with Crippen LogP contribution in [0.25, 0.3) is 0 Å². The van der Waals surface area contributed by atoms with Gasteiger partial charge in [-0.05, 0) is 43.7 Å². The Balaban J connectivity index is 1.89.